The summed E-state index contributed by atoms with van der Waals surface area (Å²) < 4.78 is 5.22. The third kappa shape index (κ3) is 3.99. The van der Waals surface area contributed by atoms with Crippen LogP contribution in [0.3, 0.4) is 0 Å². The average Bonchev–Trinajstić information content (AvgIpc) is 2.97. The van der Waals surface area contributed by atoms with Gasteiger partial charge in [0, 0.05) is 24.5 Å². The van der Waals surface area contributed by atoms with Crippen molar-refractivity contribution in [3.63, 3.8) is 0 Å². The van der Waals surface area contributed by atoms with Crippen LogP contribution in [0.5, 0.6) is 5.75 Å². The summed E-state index contributed by atoms with van der Waals surface area (Å²) in [6, 6.07) is 12.7. The van der Waals surface area contributed by atoms with Crippen LogP contribution >= 0.6 is 0 Å². The van der Waals surface area contributed by atoms with Gasteiger partial charge in [0.05, 0.1) is 18.7 Å². The summed E-state index contributed by atoms with van der Waals surface area (Å²) in [5, 5.41) is 21.8. The fourth-order valence-electron chi connectivity index (χ4n) is 3.35. The molecule has 7 nitrogen and oxygen atoms in total. The Balaban J connectivity index is 2.16. The number of methoxy groups -OCH3 is 1. The van der Waals surface area contributed by atoms with Crippen LogP contribution in [0, 0.1) is 6.92 Å². The second-order valence-corrected chi connectivity index (χ2v) is 6.76. The topological polar surface area (TPSA) is 107 Å². The van der Waals surface area contributed by atoms with Crippen molar-refractivity contribution in [1.29, 1.82) is 0 Å². The van der Waals surface area contributed by atoms with Crippen molar-refractivity contribution in [2.24, 2.45) is 0 Å². The first-order valence-corrected chi connectivity index (χ1v) is 9.02. The normalized spacial score (nSPS) is 18.1. The van der Waals surface area contributed by atoms with Gasteiger partial charge in [-0.3, -0.25) is 9.59 Å². The van der Waals surface area contributed by atoms with Gasteiger partial charge in [-0.2, -0.15) is 0 Å². The molecule has 0 radical (unpaired) electrons. The Kier molecular flexibility index (Phi) is 5.68. The predicted molar refractivity (Wildman–Crippen MR) is 103 cm³/mol. The average molecular weight is 394 g/mol. The fourth-order valence-corrected chi connectivity index (χ4v) is 3.35. The molecule has 1 fully saturated rings. The largest absolute Gasteiger partial charge is 0.550 e. The first kappa shape index (κ1) is 20.1. The zero-order valence-corrected chi connectivity index (χ0v) is 16.0. The summed E-state index contributed by atoms with van der Waals surface area (Å²) in [4.78, 5) is 37.5. The van der Waals surface area contributed by atoms with Crippen LogP contribution in [0.4, 0.5) is 0 Å². The van der Waals surface area contributed by atoms with Crippen molar-refractivity contribution >= 4 is 23.4 Å². The van der Waals surface area contributed by atoms with Gasteiger partial charge < -0.3 is 24.6 Å². The standard InChI is InChI=1S/C22H21NO6/c1-13-6-8-14(9-7-13)20(26)18-19(15-4-3-5-16(12-15)29-2)23(11-10-17(24)25)22(28)21(18)27/h3-9,12,19,26H,10-11H2,1-2H3,(H,24,25)/p-1/t19-/m1/s1. The minimum absolute atomic E-state index is 0.0922. The van der Waals surface area contributed by atoms with E-state index in [0.29, 0.717) is 16.9 Å². The quantitative estimate of drug-likeness (QED) is 0.453. The molecule has 0 aromatic heterocycles. The van der Waals surface area contributed by atoms with Gasteiger partial charge in [-0.15, -0.1) is 0 Å². The van der Waals surface area contributed by atoms with Crippen molar-refractivity contribution < 1.29 is 29.3 Å². The van der Waals surface area contributed by atoms with Gasteiger partial charge in [0.15, 0.2) is 0 Å². The lowest BCUT2D eigenvalue weighted by Gasteiger charge is -2.25. The van der Waals surface area contributed by atoms with Gasteiger partial charge in [0.1, 0.15) is 11.5 Å². The number of likely N-dealkylation sites (tertiary alicyclic amines) is 1. The van der Waals surface area contributed by atoms with E-state index in [1.54, 1.807) is 48.5 Å². The van der Waals surface area contributed by atoms with E-state index in [4.69, 9.17) is 4.74 Å². The van der Waals surface area contributed by atoms with Crippen LogP contribution < -0.4 is 9.84 Å². The van der Waals surface area contributed by atoms with E-state index in [1.807, 2.05) is 6.92 Å². The van der Waals surface area contributed by atoms with Crippen molar-refractivity contribution in [1.82, 2.24) is 4.90 Å². The van der Waals surface area contributed by atoms with Gasteiger partial charge >= 0.3 is 0 Å². The molecule has 0 saturated carbocycles. The second-order valence-electron chi connectivity index (χ2n) is 6.76. The molecule has 1 saturated heterocycles. The first-order chi connectivity index (χ1) is 13.8. The lowest BCUT2D eigenvalue weighted by molar-refractivity contribution is -0.305. The Bertz CT molecular complexity index is 993. The number of carbonyl (C=O) groups excluding carboxylic acids is 3. The molecule has 1 N–H and O–H groups in total. The number of carboxylic acids is 1. The van der Waals surface area contributed by atoms with Gasteiger partial charge in [-0.05, 0) is 24.6 Å². The molecule has 3 rings (SSSR count). The number of rotatable bonds is 6. The number of carboxylic acid groups (broad SMARTS) is 1. The van der Waals surface area contributed by atoms with Crippen molar-refractivity contribution in [2.45, 2.75) is 19.4 Å². The maximum Gasteiger partial charge on any atom is 0.295 e. The third-order valence-corrected chi connectivity index (χ3v) is 4.83. The highest BCUT2D eigenvalue weighted by Crippen LogP contribution is 2.40. The van der Waals surface area contributed by atoms with E-state index < -0.39 is 30.1 Å². The Morgan fingerprint density at radius 1 is 1.17 bits per heavy atom. The molecule has 2 aromatic rings. The zero-order chi connectivity index (χ0) is 21.1. The fraction of sp³-hybridized carbons (Fsp3) is 0.227. The number of hydrogen-bond acceptors (Lipinski definition) is 6. The van der Waals surface area contributed by atoms with Crippen LogP contribution in [0.25, 0.3) is 5.76 Å². The highest BCUT2D eigenvalue weighted by molar-refractivity contribution is 6.46. The number of hydrogen-bond donors (Lipinski definition) is 1. The van der Waals surface area contributed by atoms with Crippen LogP contribution in [0.2, 0.25) is 0 Å². The minimum atomic E-state index is -1.34. The van der Waals surface area contributed by atoms with E-state index in [2.05, 4.69) is 0 Å². The Morgan fingerprint density at radius 2 is 1.86 bits per heavy atom. The molecule has 150 valence electrons. The van der Waals surface area contributed by atoms with Gasteiger partial charge in [-0.1, -0.05) is 42.0 Å². The van der Waals surface area contributed by atoms with Crippen molar-refractivity contribution in [3.8, 4) is 5.75 Å². The maximum atomic E-state index is 12.8. The van der Waals surface area contributed by atoms with Crippen LogP contribution in [0.1, 0.15) is 29.2 Å². The summed E-state index contributed by atoms with van der Waals surface area (Å²) in [6.45, 7) is 1.67. The number of carbonyl (C=O) groups is 3. The maximum absolute atomic E-state index is 12.8. The number of aliphatic carboxylic acids is 1. The van der Waals surface area contributed by atoms with E-state index in [0.717, 1.165) is 10.5 Å². The van der Waals surface area contributed by atoms with E-state index >= 15 is 0 Å². The first-order valence-electron chi connectivity index (χ1n) is 9.02. The number of Topliss-reactive ketones (excluding diaryl/α,β-unsaturated/α-hetero) is 1. The number of aliphatic hydroxyl groups is 1. The molecular formula is C22H20NO6-. The van der Waals surface area contributed by atoms with Crippen molar-refractivity contribution in [2.75, 3.05) is 13.7 Å². The lowest BCUT2D eigenvalue weighted by Crippen LogP contribution is -2.34. The number of nitrogens with zero attached hydrogens (tertiary/aromatic N) is 1. The van der Waals surface area contributed by atoms with E-state index in [9.17, 15) is 24.6 Å². The monoisotopic (exact) mass is 394 g/mol. The molecule has 0 spiro atoms. The molecule has 1 atom stereocenters. The molecule has 7 heteroatoms. The molecule has 29 heavy (non-hydrogen) atoms. The summed E-state index contributed by atoms with van der Waals surface area (Å²) >= 11 is 0. The Morgan fingerprint density at radius 3 is 2.48 bits per heavy atom. The van der Waals surface area contributed by atoms with E-state index in [1.165, 1.54) is 7.11 Å². The SMILES string of the molecule is COc1cccc([C@@H]2C(=C(O)c3ccc(C)cc3)C(=O)C(=O)N2CCC(=O)[O-])c1. The van der Waals surface area contributed by atoms with Crippen molar-refractivity contribution in [3.05, 3.63) is 70.8 Å². The van der Waals surface area contributed by atoms with Crippen LogP contribution in [-0.4, -0.2) is 41.3 Å². The number of ether oxygens (including phenoxy) is 1. The Hall–Kier alpha value is -3.61. The second kappa shape index (κ2) is 8.18. The summed E-state index contributed by atoms with van der Waals surface area (Å²) in [7, 11) is 1.48. The third-order valence-electron chi connectivity index (χ3n) is 4.83. The van der Waals surface area contributed by atoms with Crippen LogP contribution in [-0.2, 0) is 14.4 Å². The molecule has 1 aliphatic heterocycles. The highest BCUT2D eigenvalue weighted by atomic mass is 16.5. The number of aliphatic hydroxyl groups excluding tert-OH is 1. The van der Waals surface area contributed by atoms with Gasteiger partial charge in [0.25, 0.3) is 11.7 Å². The molecule has 1 amide bonds. The lowest BCUT2D eigenvalue weighted by atomic mass is 9.95. The van der Waals surface area contributed by atoms with E-state index in [-0.39, 0.29) is 17.9 Å². The van der Waals surface area contributed by atoms with Crippen LogP contribution in [0.15, 0.2) is 54.1 Å². The van der Waals surface area contributed by atoms with Gasteiger partial charge in [0.2, 0.25) is 0 Å². The van der Waals surface area contributed by atoms with Gasteiger partial charge in [-0.25, -0.2) is 0 Å². The molecule has 0 bridgehead atoms. The number of aryl methyl sites for hydroxylation is 1. The zero-order valence-electron chi connectivity index (χ0n) is 16.0. The Labute approximate surface area is 167 Å². The minimum Gasteiger partial charge on any atom is -0.550 e. The molecule has 1 aliphatic rings. The smallest absolute Gasteiger partial charge is 0.295 e. The molecule has 2 aromatic carbocycles. The number of ketones is 1. The highest BCUT2D eigenvalue weighted by Gasteiger charge is 2.45. The number of amides is 1. The molecule has 0 unspecified atom stereocenters. The molecule has 1 heterocycles. The predicted octanol–water partition coefficient (Wildman–Crippen LogP) is 1.57. The summed E-state index contributed by atoms with van der Waals surface area (Å²) in [5.74, 6) is -2.88. The summed E-state index contributed by atoms with van der Waals surface area (Å²) in [6.07, 6.45) is -0.432. The number of benzene rings is 2. The summed E-state index contributed by atoms with van der Waals surface area (Å²) in [5.41, 5.74) is 1.79. The molecule has 0 aliphatic carbocycles. The molecular weight excluding hydrogens is 374 g/mol.